The summed E-state index contributed by atoms with van der Waals surface area (Å²) in [5, 5.41) is 3.46. The lowest BCUT2D eigenvalue weighted by Gasteiger charge is -2.17. The van der Waals surface area contributed by atoms with E-state index < -0.39 is 6.10 Å². The zero-order valence-electron chi connectivity index (χ0n) is 12.5. The van der Waals surface area contributed by atoms with Gasteiger partial charge in [-0.1, -0.05) is 24.6 Å². The molecule has 2 aromatic carbocycles. The Labute approximate surface area is 135 Å². The third-order valence-electron chi connectivity index (χ3n) is 3.09. The van der Waals surface area contributed by atoms with Crippen molar-refractivity contribution >= 4 is 23.2 Å². The molecule has 0 aromatic heterocycles. The molecule has 0 radical (unpaired) electrons. The van der Waals surface area contributed by atoms with E-state index in [1.165, 1.54) is 0 Å². The van der Waals surface area contributed by atoms with Crippen LogP contribution in [0.5, 0.6) is 11.5 Å². The van der Waals surface area contributed by atoms with Gasteiger partial charge in [-0.3, -0.25) is 4.79 Å². The Morgan fingerprint density at radius 3 is 2.55 bits per heavy atom. The minimum absolute atomic E-state index is 0.203. The van der Waals surface area contributed by atoms with Crippen molar-refractivity contribution in [3.8, 4) is 11.5 Å². The lowest BCUT2D eigenvalue weighted by molar-refractivity contribution is -0.122. The fourth-order valence-electron chi connectivity index (χ4n) is 1.92. The van der Waals surface area contributed by atoms with E-state index in [1.807, 2.05) is 19.1 Å². The second-order valence-corrected chi connectivity index (χ2v) is 5.13. The lowest BCUT2D eigenvalue weighted by atomic mass is 10.2. The molecule has 2 rings (SSSR count). The maximum atomic E-state index is 12.3. The molecule has 0 fully saturated rings. The number of rotatable bonds is 6. The summed E-state index contributed by atoms with van der Waals surface area (Å²) in [4.78, 5) is 12.3. The smallest absolute Gasteiger partial charge is 0.265 e. The molecule has 0 heterocycles. The molecular weight excluding hydrogens is 302 g/mol. The lowest BCUT2D eigenvalue weighted by Crippen LogP contribution is -2.32. The number of halogens is 1. The Morgan fingerprint density at radius 2 is 1.91 bits per heavy atom. The van der Waals surface area contributed by atoms with Crippen LogP contribution in [0.1, 0.15) is 13.3 Å². The number of benzene rings is 2. The van der Waals surface area contributed by atoms with Gasteiger partial charge in [-0.25, -0.2) is 0 Å². The second kappa shape index (κ2) is 7.71. The fraction of sp³-hybridized carbons (Fsp3) is 0.235. The average Bonchev–Trinajstić information content (AvgIpc) is 2.54. The molecule has 0 aliphatic rings. The molecule has 0 aliphatic heterocycles. The summed E-state index contributed by atoms with van der Waals surface area (Å²) < 4.78 is 10.8. The number of hydrogen-bond acceptors (Lipinski definition) is 3. The van der Waals surface area contributed by atoms with Gasteiger partial charge in [-0.05, 0) is 42.8 Å². The van der Waals surface area contributed by atoms with Crippen LogP contribution in [0.2, 0.25) is 5.02 Å². The molecule has 22 heavy (non-hydrogen) atoms. The van der Waals surface area contributed by atoms with Crippen molar-refractivity contribution in [2.75, 3.05) is 12.4 Å². The van der Waals surface area contributed by atoms with Gasteiger partial charge in [0.2, 0.25) is 0 Å². The highest BCUT2D eigenvalue weighted by molar-refractivity contribution is 6.30. The first-order chi connectivity index (χ1) is 10.6. The number of ether oxygens (including phenoxy) is 2. The van der Waals surface area contributed by atoms with Gasteiger partial charge in [0, 0.05) is 16.8 Å². The van der Waals surface area contributed by atoms with E-state index in [4.69, 9.17) is 21.1 Å². The van der Waals surface area contributed by atoms with Gasteiger partial charge in [-0.15, -0.1) is 0 Å². The van der Waals surface area contributed by atoms with Gasteiger partial charge in [0.1, 0.15) is 11.5 Å². The Morgan fingerprint density at radius 1 is 1.18 bits per heavy atom. The minimum Gasteiger partial charge on any atom is -0.497 e. The largest absolute Gasteiger partial charge is 0.497 e. The maximum absolute atomic E-state index is 12.3. The van der Waals surface area contributed by atoms with Crippen LogP contribution in [-0.2, 0) is 4.79 Å². The van der Waals surface area contributed by atoms with Gasteiger partial charge < -0.3 is 14.8 Å². The van der Waals surface area contributed by atoms with Crippen molar-refractivity contribution < 1.29 is 14.3 Å². The van der Waals surface area contributed by atoms with E-state index in [9.17, 15) is 4.79 Å². The third kappa shape index (κ3) is 4.40. The molecule has 0 spiro atoms. The number of carbonyl (C=O) groups excluding carboxylic acids is 1. The predicted molar refractivity (Wildman–Crippen MR) is 87.8 cm³/mol. The van der Waals surface area contributed by atoms with Crippen LogP contribution >= 0.6 is 11.6 Å². The number of nitrogens with one attached hydrogen (secondary N) is 1. The number of anilines is 1. The highest BCUT2D eigenvalue weighted by Gasteiger charge is 2.18. The molecule has 0 bridgehead atoms. The monoisotopic (exact) mass is 319 g/mol. The predicted octanol–water partition coefficient (Wildman–Crippen LogP) is 4.14. The van der Waals surface area contributed by atoms with Crippen LogP contribution in [0.25, 0.3) is 0 Å². The van der Waals surface area contributed by atoms with E-state index >= 15 is 0 Å². The minimum atomic E-state index is -0.577. The normalized spacial score (nSPS) is 11.6. The van der Waals surface area contributed by atoms with Crippen LogP contribution in [0.3, 0.4) is 0 Å². The van der Waals surface area contributed by atoms with E-state index in [2.05, 4.69) is 5.32 Å². The second-order valence-electron chi connectivity index (χ2n) is 4.69. The number of amides is 1. The first kappa shape index (κ1) is 16.2. The first-order valence-electron chi connectivity index (χ1n) is 6.99. The van der Waals surface area contributed by atoms with E-state index in [1.54, 1.807) is 43.5 Å². The molecule has 0 saturated heterocycles. The third-order valence-corrected chi connectivity index (χ3v) is 3.34. The van der Waals surface area contributed by atoms with Crippen molar-refractivity contribution in [3.63, 3.8) is 0 Å². The summed E-state index contributed by atoms with van der Waals surface area (Å²) in [6.45, 7) is 1.89. The van der Waals surface area contributed by atoms with Crippen LogP contribution in [0.15, 0.2) is 48.5 Å². The summed E-state index contributed by atoms with van der Waals surface area (Å²) >= 11 is 5.83. The van der Waals surface area contributed by atoms with Gasteiger partial charge in [-0.2, -0.15) is 0 Å². The number of hydrogen-bond donors (Lipinski definition) is 1. The molecular formula is C17H18ClNO3. The van der Waals surface area contributed by atoms with Crippen molar-refractivity contribution in [2.24, 2.45) is 0 Å². The van der Waals surface area contributed by atoms with Gasteiger partial charge in [0.15, 0.2) is 6.10 Å². The standard InChI is InChI=1S/C17H18ClNO3/c1-3-16(22-14-9-7-12(18)8-10-14)17(20)19-13-5-4-6-15(11-13)21-2/h4-11,16H,3H2,1-2H3,(H,19,20)/t16-/m0/s1. The Balaban J connectivity index is 2.03. The van der Waals surface area contributed by atoms with E-state index in [0.29, 0.717) is 28.6 Å². The van der Waals surface area contributed by atoms with E-state index in [-0.39, 0.29) is 5.91 Å². The highest BCUT2D eigenvalue weighted by Crippen LogP contribution is 2.20. The van der Waals surface area contributed by atoms with Crippen molar-refractivity contribution in [1.29, 1.82) is 0 Å². The van der Waals surface area contributed by atoms with Gasteiger partial charge >= 0.3 is 0 Å². The first-order valence-corrected chi connectivity index (χ1v) is 7.37. The van der Waals surface area contributed by atoms with Gasteiger partial charge in [0.25, 0.3) is 5.91 Å². The topological polar surface area (TPSA) is 47.6 Å². The maximum Gasteiger partial charge on any atom is 0.265 e. The molecule has 0 aliphatic carbocycles. The van der Waals surface area contributed by atoms with Crippen molar-refractivity contribution in [1.82, 2.24) is 0 Å². The van der Waals surface area contributed by atoms with Crippen molar-refractivity contribution in [3.05, 3.63) is 53.6 Å². The molecule has 5 heteroatoms. The summed E-state index contributed by atoms with van der Waals surface area (Å²) in [5.41, 5.74) is 0.669. The summed E-state index contributed by atoms with van der Waals surface area (Å²) in [5.74, 6) is 1.09. The zero-order chi connectivity index (χ0) is 15.9. The van der Waals surface area contributed by atoms with Crippen LogP contribution in [0, 0.1) is 0 Å². The SMILES string of the molecule is CC[C@H](Oc1ccc(Cl)cc1)C(=O)Nc1cccc(OC)c1. The fourth-order valence-corrected chi connectivity index (χ4v) is 2.05. The quantitative estimate of drug-likeness (QED) is 0.870. The molecule has 1 amide bonds. The highest BCUT2D eigenvalue weighted by atomic mass is 35.5. The Kier molecular flexibility index (Phi) is 5.67. The molecule has 2 aromatic rings. The average molecular weight is 320 g/mol. The Bertz CT molecular complexity index is 628. The summed E-state index contributed by atoms with van der Waals surface area (Å²) in [6, 6.07) is 14.1. The molecule has 116 valence electrons. The summed E-state index contributed by atoms with van der Waals surface area (Å²) in [6.07, 6.45) is -0.0225. The molecule has 4 nitrogen and oxygen atoms in total. The number of methoxy groups -OCH3 is 1. The molecule has 0 unspecified atom stereocenters. The molecule has 0 saturated carbocycles. The molecule has 1 N–H and O–H groups in total. The summed E-state index contributed by atoms with van der Waals surface area (Å²) in [7, 11) is 1.58. The molecule has 1 atom stereocenters. The Hall–Kier alpha value is -2.20. The number of carbonyl (C=O) groups is 1. The van der Waals surface area contributed by atoms with E-state index in [0.717, 1.165) is 0 Å². The van der Waals surface area contributed by atoms with Crippen LogP contribution < -0.4 is 14.8 Å². The van der Waals surface area contributed by atoms with Gasteiger partial charge in [0.05, 0.1) is 7.11 Å². The van der Waals surface area contributed by atoms with Crippen LogP contribution in [-0.4, -0.2) is 19.1 Å². The van der Waals surface area contributed by atoms with Crippen LogP contribution in [0.4, 0.5) is 5.69 Å². The van der Waals surface area contributed by atoms with Crippen molar-refractivity contribution in [2.45, 2.75) is 19.4 Å². The zero-order valence-corrected chi connectivity index (χ0v) is 13.3.